The minimum atomic E-state index is -0.654. The van der Waals surface area contributed by atoms with Gasteiger partial charge in [-0.2, -0.15) is 0 Å². The van der Waals surface area contributed by atoms with Gasteiger partial charge in [0.2, 0.25) is 0 Å². The van der Waals surface area contributed by atoms with E-state index in [0.29, 0.717) is 19.7 Å². The van der Waals surface area contributed by atoms with Crippen molar-refractivity contribution in [3.05, 3.63) is 39.9 Å². The molecule has 1 aliphatic heterocycles. The fraction of sp³-hybridized carbons (Fsp3) is 0.500. The molecule has 1 aromatic heterocycles. The molecule has 7 heteroatoms. The van der Waals surface area contributed by atoms with E-state index in [1.54, 1.807) is 11.3 Å². The molecule has 0 saturated carbocycles. The van der Waals surface area contributed by atoms with Crippen LogP contribution in [0.3, 0.4) is 0 Å². The van der Waals surface area contributed by atoms with Crippen LogP contribution in [-0.2, 0) is 17.6 Å². The van der Waals surface area contributed by atoms with E-state index in [4.69, 9.17) is 14.5 Å². The summed E-state index contributed by atoms with van der Waals surface area (Å²) in [5.41, 5.74) is 1.48. The van der Waals surface area contributed by atoms with E-state index in [-0.39, 0.29) is 11.3 Å². The quantitative estimate of drug-likeness (QED) is 0.826. The second-order valence-corrected chi connectivity index (χ2v) is 7.44. The molecule has 0 amide bonds. The van der Waals surface area contributed by atoms with Gasteiger partial charge in [-0.25, -0.2) is 13.8 Å². The lowest BCUT2D eigenvalue weighted by molar-refractivity contribution is 0.0358. The second kappa shape index (κ2) is 6.88. The van der Waals surface area contributed by atoms with Crippen LogP contribution in [0.25, 0.3) is 0 Å². The summed E-state index contributed by atoms with van der Waals surface area (Å²) in [5.74, 6) is -1.11. The number of morpholine rings is 1. The first kappa shape index (κ1) is 16.7. The summed E-state index contributed by atoms with van der Waals surface area (Å²) < 4.78 is 38.8. The van der Waals surface area contributed by atoms with Gasteiger partial charge in [-0.3, -0.25) is 0 Å². The van der Waals surface area contributed by atoms with E-state index in [0.717, 1.165) is 24.0 Å². The number of nitrogens with zero attached hydrogens (tertiary/aromatic N) is 2. The molecule has 0 spiro atoms. The first-order valence-corrected chi connectivity index (χ1v) is 9.35. The van der Waals surface area contributed by atoms with Gasteiger partial charge in [-0.1, -0.05) is 0 Å². The molecule has 0 bridgehead atoms. The van der Waals surface area contributed by atoms with E-state index in [1.165, 1.54) is 36.6 Å². The van der Waals surface area contributed by atoms with Crippen LogP contribution >= 0.6 is 11.3 Å². The number of halogens is 2. The standard InChI is InChI=1S/C18H20F2N2O2S/c1-23-14-9-11(19)8-12(20)17(14)15-10-22(6-7-24-15)18-21-13-4-2-3-5-16(13)25-18/h8-9,15H,2-7,10H2,1H3. The lowest BCUT2D eigenvalue weighted by Gasteiger charge is -2.33. The van der Waals surface area contributed by atoms with Gasteiger partial charge in [0.25, 0.3) is 0 Å². The molecule has 1 fully saturated rings. The average molecular weight is 366 g/mol. The Kier molecular flexibility index (Phi) is 4.60. The number of methoxy groups -OCH3 is 1. The Hall–Kier alpha value is -1.73. The molecule has 0 radical (unpaired) electrons. The maximum atomic E-state index is 14.4. The molecular weight excluding hydrogens is 346 g/mol. The molecular formula is C18H20F2N2O2S. The van der Waals surface area contributed by atoms with Crippen molar-refractivity contribution in [3.8, 4) is 5.75 Å². The molecule has 2 aliphatic rings. The number of ether oxygens (including phenoxy) is 2. The number of rotatable bonds is 3. The molecule has 1 saturated heterocycles. The fourth-order valence-corrected chi connectivity index (χ4v) is 4.70. The minimum Gasteiger partial charge on any atom is -0.496 e. The summed E-state index contributed by atoms with van der Waals surface area (Å²) in [6.45, 7) is 1.66. The first-order valence-electron chi connectivity index (χ1n) is 8.53. The predicted molar refractivity (Wildman–Crippen MR) is 92.6 cm³/mol. The molecule has 0 N–H and O–H groups in total. The van der Waals surface area contributed by atoms with E-state index >= 15 is 0 Å². The molecule has 1 aliphatic carbocycles. The summed E-state index contributed by atoms with van der Waals surface area (Å²) in [6, 6.07) is 2.07. The van der Waals surface area contributed by atoms with Crippen molar-refractivity contribution in [2.45, 2.75) is 31.8 Å². The van der Waals surface area contributed by atoms with Gasteiger partial charge in [0.05, 0.1) is 31.5 Å². The van der Waals surface area contributed by atoms with Gasteiger partial charge in [0.15, 0.2) is 5.13 Å². The highest BCUT2D eigenvalue weighted by molar-refractivity contribution is 7.15. The van der Waals surface area contributed by atoms with Crippen molar-refractivity contribution in [3.63, 3.8) is 0 Å². The topological polar surface area (TPSA) is 34.6 Å². The molecule has 1 unspecified atom stereocenters. The third-order valence-electron chi connectivity index (χ3n) is 4.77. The van der Waals surface area contributed by atoms with Gasteiger partial charge in [0.1, 0.15) is 23.5 Å². The zero-order valence-electron chi connectivity index (χ0n) is 14.1. The van der Waals surface area contributed by atoms with Gasteiger partial charge in [-0.15, -0.1) is 11.3 Å². The third-order valence-corrected chi connectivity index (χ3v) is 5.99. The SMILES string of the molecule is COc1cc(F)cc(F)c1C1CN(c2nc3c(s2)CCCC3)CCO1. The molecule has 25 heavy (non-hydrogen) atoms. The maximum absolute atomic E-state index is 14.4. The Labute approximate surface area is 149 Å². The fourth-order valence-electron chi connectivity index (χ4n) is 3.51. The van der Waals surface area contributed by atoms with Crippen LogP contribution < -0.4 is 9.64 Å². The van der Waals surface area contributed by atoms with Gasteiger partial charge < -0.3 is 14.4 Å². The number of hydrogen-bond donors (Lipinski definition) is 0. The van der Waals surface area contributed by atoms with Crippen LogP contribution in [0.15, 0.2) is 12.1 Å². The largest absolute Gasteiger partial charge is 0.496 e. The first-order chi connectivity index (χ1) is 12.2. The van der Waals surface area contributed by atoms with Crippen molar-refractivity contribution >= 4 is 16.5 Å². The number of hydrogen-bond acceptors (Lipinski definition) is 5. The van der Waals surface area contributed by atoms with Crippen LogP contribution in [0.4, 0.5) is 13.9 Å². The predicted octanol–water partition coefficient (Wildman–Crippen LogP) is 3.89. The molecule has 2 aromatic rings. The summed E-state index contributed by atoms with van der Waals surface area (Å²) in [6.07, 6.45) is 4.05. The smallest absolute Gasteiger partial charge is 0.185 e. The summed E-state index contributed by atoms with van der Waals surface area (Å²) in [4.78, 5) is 8.29. The lowest BCUT2D eigenvalue weighted by Crippen LogP contribution is -2.38. The number of benzene rings is 1. The minimum absolute atomic E-state index is 0.183. The Morgan fingerprint density at radius 2 is 2.12 bits per heavy atom. The van der Waals surface area contributed by atoms with Crippen LogP contribution in [0.2, 0.25) is 0 Å². The monoisotopic (exact) mass is 366 g/mol. The number of fused-ring (bicyclic) bond motifs is 1. The average Bonchev–Trinajstić information content (AvgIpc) is 3.05. The van der Waals surface area contributed by atoms with Crippen LogP contribution in [0.5, 0.6) is 5.75 Å². The molecule has 4 nitrogen and oxygen atoms in total. The number of aryl methyl sites for hydroxylation is 2. The number of anilines is 1. The van der Waals surface area contributed by atoms with Crippen LogP contribution in [0, 0.1) is 11.6 Å². The Balaban J connectivity index is 1.60. The van der Waals surface area contributed by atoms with Crippen molar-refractivity contribution in [1.29, 1.82) is 0 Å². The summed E-state index contributed by atoms with van der Waals surface area (Å²) in [7, 11) is 1.41. The molecule has 2 heterocycles. The summed E-state index contributed by atoms with van der Waals surface area (Å²) in [5, 5.41) is 0.974. The number of aromatic nitrogens is 1. The Morgan fingerprint density at radius 1 is 1.28 bits per heavy atom. The van der Waals surface area contributed by atoms with Gasteiger partial charge >= 0.3 is 0 Å². The summed E-state index contributed by atoms with van der Waals surface area (Å²) >= 11 is 1.73. The highest BCUT2D eigenvalue weighted by atomic mass is 32.1. The normalized spacial score (nSPS) is 20.4. The zero-order valence-corrected chi connectivity index (χ0v) is 14.9. The zero-order chi connectivity index (χ0) is 17.4. The van der Waals surface area contributed by atoms with E-state index in [1.807, 2.05) is 0 Å². The van der Waals surface area contributed by atoms with Crippen molar-refractivity contribution < 1.29 is 18.3 Å². The van der Waals surface area contributed by atoms with E-state index in [9.17, 15) is 8.78 Å². The van der Waals surface area contributed by atoms with Crippen molar-refractivity contribution in [1.82, 2.24) is 4.98 Å². The van der Waals surface area contributed by atoms with Crippen molar-refractivity contribution in [2.75, 3.05) is 31.7 Å². The highest BCUT2D eigenvalue weighted by Gasteiger charge is 2.30. The lowest BCUT2D eigenvalue weighted by atomic mass is 10.0. The molecule has 134 valence electrons. The third kappa shape index (κ3) is 3.22. The highest BCUT2D eigenvalue weighted by Crippen LogP contribution is 2.37. The van der Waals surface area contributed by atoms with Gasteiger partial charge in [-0.05, 0) is 25.7 Å². The molecule has 1 aromatic carbocycles. The van der Waals surface area contributed by atoms with Crippen LogP contribution in [-0.4, -0.2) is 31.8 Å². The Morgan fingerprint density at radius 3 is 2.92 bits per heavy atom. The number of thiazole rings is 1. The molecule has 4 rings (SSSR count). The van der Waals surface area contributed by atoms with Crippen molar-refractivity contribution in [2.24, 2.45) is 0 Å². The Bertz CT molecular complexity index is 757. The van der Waals surface area contributed by atoms with Gasteiger partial charge in [0, 0.05) is 23.6 Å². The molecule has 1 atom stereocenters. The second-order valence-electron chi connectivity index (χ2n) is 6.38. The maximum Gasteiger partial charge on any atom is 0.185 e. The van der Waals surface area contributed by atoms with E-state index < -0.39 is 17.7 Å². The van der Waals surface area contributed by atoms with Crippen LogP contribution in [0.1, 0.15) is 35.1 Å². The van der Waals surface area contributed by atoms with E-state index in [2.05, 4.69) is 4.90 Å².